The van der Waals surface area contributed by atoms with E-state index in [0.717, 1.165) is 19.6 Å². The maximum Gasteiger partial charge on any atom is 0.0951 e. The van der Waals surface area contributed by atoms with Crippen molar-refractivity contribution in [2.75, 3.05) is 33.7 Å². The van der Waals surface area contributed by atoms with E-state index in [-0.39, 0.29) is 0 Å². The van der Waals surface area contributed by atoms with Crippen LogP contribution in [0.2, 0.25) is 0 Å². The van der Waals surface area contributed by atoms with E-state index in [0.29, 0.717) is 17.9 Å². The smallest absolute Gasteiger partial charge is 0.0951 e. The zero-order valence-electron chi connectivity index (χ0n) is 12.8. The van der Waals surface area contributed by atoms with Gasteiger partial charge in [-0.3, -0.25) is 0 Å². The van der Waals surface area contributed by atoms with Gasteiger partial charge in [-0.25, -0.2) is 4.98 Å². The highest BCUT2D eigenvalue weighted by atomic mass is 15.2. The molecule has 1 unspecified atom stereocenters. The van der Waals surface area contributed by atoms with Gasteiger partial charge in [0, 0.05) is 30.4 Å². The largest absolute Gasteiger partial charge is 0.330 e. The Bertz CT molecular complexity index is 377. The molecule has 0 spiro atoms. The molecule has 1 aromatic rings. The van der Waals surface area contributed by atoms with Gasteiger partial charge in [-0.05, 0) is 45.9 Å². The molecule has 1 fully saturated rings. The van der Waals surface area contributed by atoms with Crippen LogP contribution < -0.4 is 5.32 Å². The van der Waals surface area contributed by atoms with Crippen LogP contribution in [0.15, 0.2) is 12.5 Å². The Balaban J connectivity index is 2.20. The van der Waals surface area contributed by atoms with Gasteiger partial charge in [-0.2, -0.15) is 0 Å². The topological polar surface area (TPSA) is 33.1 Å². The third-order valence-electron chi connectivity index (χ3n) is 4.13. The van der Waals surface area contributed by atoms with E-state index in [1.54, 1.807) is 0 Å². The molecule has 1 saturated heterocycles. The van der Waals surface area contributed by atoms with Gasteiger partial charge in [0.05, 0.1) is 6.33 Å². The highest BCUT2D eigenvalue weighted by Crippen LogP contribution is 2.29. The fraction of sp³-hybridized carbons (Fsp3) is 0.800. The molecule has 0 aliphatic carbocycles. The third-order valence-corrected chi connectivity index (χ3v) is 4.13. The molecule has 0 aromatic carbocycles. The molecule has 108 valence electrons. The molecule has 0 saturated carbocycles. The van der Waals surface area contributed by atoms with Crippen molar-refractivity contribution in [1.82, 2.24) is 19.8 Å². The summed E-state index contributed by atoms with van der Waals surface area (Å²) < 4.78 is 2.43. The second kappa shape index (κ2) is 6.53. The second-order valence-electron chi connectivity index (χ2n) is 6.32. The molecule has 1 aliphatic rings. The molecule has 1 aromatic heterocycles. The van der Waals surface area contributed by atoms with E-state index >= 15 is 0 Å². The SMILES string of the molecule is CC(C)C(CN(C)C)n1cncc1C1CCNCC1. The van der Waals surface area contributed by atoms with Crippen molar-refractivity contribution in [3.05, 3.63) is 18.2 Å². The Labute approximate surface area is 117 Å². The lowest BCUT2D eigenvalue weighted by molar-refractivity contribution is 0.260. The molecule has 1 aliphatic heterocycles. The number of piperidine rings is 1. The minimum atomic E-state index is 0.516. The number of nitrogens with zero attached hydrogens (tertiary/aromatic N) is 3. The maximum atomic E-state index is 4.43. The molecule has 19 heavy (non-hydrogen) atoms. The van der Waals surface area contributed by atoms with E-state index in [1.165, 1.54) is 18.5 Å². The van der Waals surface area contributed by atoms with Gasteiger partial charge in [0.1, 0.15) is 0 Å². The van der Waals surface area contributed by atoms with E-state index in [9.17, 15) is 0 Å². The summed E-state index contributed by atoms with van der Waals surface area (Å²) in [6.07, 6.45) is 6.59. The summed E-state index contributed by atoms with van der Waals surface area (Å²) in [5.74, 6) is 1.30. The van der Waals surface area contributed by atoms with Gasteiger partial charge in [-0.1, -0.05) is 13.8 Å². The lowest BCUT2D eigenvalue weighted by Gasteiger charge is -2.31. The van der Waals surface area contributed by atoms with Gasteiger partial charge in [0.2, 0.25) is 0 Å². The van der Waals surface area contributed by atoms with E-state index in [4.69, 9.17) is 0 Å². The minimum Gasteiger partial charge on any atom is -0.330 e. The van der Waals surface area contributed by atoms with Crippen molar-refractivity contribution < 1.29 is 0 Å². The zero-order valence-corrected chi connectivity index (χ0v) is 12.8. The molecule has 0 radical (unpaired) electrons. The number of rotatable bonds is 5. The van der Waals surface area contributed by atoms with Gasteiger partial charge in [-0.15, -0.1) is 0 Å². The summed E-state index contributed by atoms with van der Waals surface area (Å²) in [7, 11) is 4.30. The number of hydrogen-bond acceptors (Lipinski definition) is 3. The Kier molecular flexibility index (Phi) is 4.99. The molecule has 2 heterocycles. The third kappa shape index (κ3) is 3.57. The Morgan fingerprint density at radius 3 is 2.63 bits per heavy atom. The van der Waals surface area contributed by atoms with Gasteiger partial charge in [0.15, 0.2) is 0 Å². The van der Waals surface area contributed by atoms with Crippen LogP contribution in [0.3, 0.4) is 0 Å². The van der Waals surface area contributed by atoms with Crippen molar-refractivity contribution in [1.29, 1.82) is 0 Å². The highest BCUT2D eigenvalue weighted by molar-refractivity contribution is 5.09. The maximum absolute atomic E-state index is 4.43. The average molecular weight is 264 g/mol. The Hall–Kier alpha value is -0.870. The minimum absolute atomic E-state index is 0.516. The van der Waals surface area contributed by atoms with Gasteiger partial charge >= 0.3 is 0 Å². The van der Waals surface area contributed by atoms with Crippen molar-refractivity contribution >= 4 is 0 Å². The van der Waals surface area contributed by atoms with E-state index < -0.39 is 0 Å². The van der Waals surface area contributed by atoms with Crippen LogP contribution in [-0.2, 0) is 0 Å². The number of hydrogen-bond donors (Lipinski definition) is 1. The van der Waals surface area contributed by atoms with Crippen molar-refractivity contribution in [3.63, 3.8) is 0 Å². The van der Waals surface area contributed by atoms with Crippen LogP contribution >= 0.6 is 0 Å². The molecule has 0 amide bonds. The summed E-state index contributed by atoms with van der Waals surface area (Å²) in [6, 6.07) is 0.516. The lowest BCUT2D eigenvalue weighted by atomic mass is 9.93. The predicted molar refractivity (Wildman–Crippen MR) is 79.5 cm³/mol. The standard InChI is InChI=1S/C15H28N4/c1-12(2)15(10-18(3)4)19-11-17-9-14(19)13-5-7-16-8-6-13/h9,11-13,15-16H,5-8,10H2,1-4H3. The van der Waals surface area contributed by atoms with E-state index in [2.05, 4.69) is 53.9 Å². The van der Waals surface area contributed by atoms with Crippen LogP contribution in [0.4, 0.5) is 0 Å². The van der Waals surface area contributed by atoms with Crippen LogP contribution in [0, 0.1) is 5.92 Å². The molecule has 1 atom stereocenters. The number of aromatic nitrogens is 2. The molecule has 1 N–H and O–H groups in total. The lowest BCUT2D eigenvalue weighted by Crippen LogP contribution is -2.31. The Morgan fingerprint density at radius 2 is 2.05 bits per heavy atom. The second-order valence-corrected chi connectivity index (χ2v) is 6.32. The molecule has 4 nitrogen and oxygen atoms in total. The first-order valence-corrected chi connectivity index (χ1v) is 7.46. The molecule has 4 heteroatoms. The summed E-state index contributed by atoms with van der Waals surface area (Å²) in [4.78, 5) is 6.71. The first-order valence-electron chi connectivity index (χ1n) is 7.46. The first kappa shape index (κ1) is 14.5. The fourth-order valence-electron chi connectivity index (χ4n) is 3.02. The summed E-state index contributed by atoms with van der Waals surface area (Å²) in [5, 5.41) is 3.44. The van der Waals surface area contributed by atoms with Crippen molar-refractivity contribution in [2.24, 2.45) is 5.92 Å². The molecule has 0 bridgehead atoms. The molecular formula is C15H28N4. The number of nitrogens with one attached hydrogen (secondary N) is 1. The molecule has 2 rings (SSSR count). The first-order chi connectivity index (χ1) is 9.09. The summed E-state index contributed by atoms with van der Waals surface area (Å²) >= 11 is 0. The number of imidazole rings is 1. The quantitative estimate of drug-likeness (QED) is 0.884. The average Bonchev–Trinajstić information content (AvgIpc) is 2.85. The van der Waals surface area contributed by atoms with Crippen molar-refractivity contribution in [3.8, 4) is 0 Å². The van der Waals surface area contributed by atoms with E-state index in [1.807, 2.05) is 6.33 Å². The van der Waals surface area contributed by atoms with Gasteiger partial charge < -0.3 is 14.8 Å². The van der Waals surface area contributed by atoms with Crippen LogP contribution in [0.5, 0.6) is 0 Å². The normalized spacial score (nSPS) is 19.3. The number of likely N-dealkylation sites (N-methyl/N-ethyl adjacent to an activating group) is 1. The van der Waals surface area contributed by atoms with Crippen LogP contribution in [0.25, 0.3) is 0 Å². The van der Waals surface area contributed by atoms with Crippen LogP contribution in [0.1, 0.15) is 44.3 Å². The van der Waals surface area contributed by atoms with Gasteiger partial charge in [0.25, 0.3) is 0 Å². The summed E-state index contributed by atoms with van der Waals surface area (Å²) in [5.41, 5.74) is 1.43. The summed E-state index contributed by atoms with van der Waals surface area (Å²) in [6.45, 7) is 7.96. The predicted octanol–water partition coefficient (Wildman–Crippen LogP) is 2.11. The molecular weight excluding hydrogens is 236 g/mol. The van der Waals surface area contributed by atoms with Crippen molar-refractivity contribution in [2.45, 2.75) is 38.6 Å². The Morgan fingerprint density at radius 1 is 1.37 bits per heavy atom. The highest BCUT2D eigenvalue weighted by Gasteiger charge is 2.24. The fourth-order valence-corrected chi connectivity index (χ4v) is 3.02. The zero-order chi connectivity index (χ0) is 13.8. The monoisotopic (exact) mass is 264 g/mol. The van der Waals surface area contributed by atoms with Crippen LogP contribution in [-0.4, -0.2) is 48.2 Å².